The highest BCUT2D eigenvalue weighted by Crippen LogP contribution is 2.36. The van der Waals surface area contributed by atoms with Crippen molar-refractivity contribution in [2.45, 2.75) is 13.8 Å². The average molecular weight is 513 g/mol. The van der Waals surface area contributed by atoms with Gasteiger partial charge in [0.1, 0.15) is 0 Å². The van der Waals surface area contributed by atoms with Crippen molar-refractivity contribution in [3.05, 3.63) is 132 Å². The summed E-state index contributed by atoms with van der Waals surface area (Å²) >= 11 is 0. The third-order valence-electron chi connectivity index (χ3n) is 6.39. The molecule has 192 valence electrons. The average Bonchev–Trinajstić information content (AvgIpc) is 3.37. The first-order chi connectivity index (χ1) is 19.0. The first-order valence-electron chi connectivity index (χ1n) is 12.8. The molecule has 39 heavy (non-hydrogen) atoms. The van der Waals surface area contributed by atoms with Crippen LogP contribution in [0.1, 0.15) is 40.1 Å². The minimum absolute atomic E-state index is 0.000747. The third-order valence-corrected chi connectivity index (χ3v) is 6.39. The summed E-state index contributed by atoms with van der Waals surface area (Å²) in [5, 5.41) is 0. The van der Waals surface area contributed by atoms with Gasteiger partial charge in [0.15, 0.2) is 5.78 Å². The molecule has 0 N–H and O–H groups in total. The standard InChI is InChI=1S/C34H28N2O3/c1-3-39-34(38)27-17-19-31(20-18-27)36-32(25-11-6-4-7-12-25)22-29(33(36)26-13-8-5-9-14-26)23-35-30-16-10-15-28(21-30)24(2)37/h4-23H,3H2,1-2H3. The van der Waals surface area contributed by atoms with Crippen LogP contribution in [0.25, 0.3) is 28.2 Å². The molecule has 1 heterocycles. The highest BCUT2D eigenvalue weighted by Gasteiger charge is 2.19. The van der Waals surface area contributed by atoms with E-state index >= 15 is 0 Å². The van der Waals surface area contributed by atoms with E-state index in [1.54, 1.807) is 38.1 Å². The molecule has 0 fully saturated rings. The van der Waals surface area contributed by atoms with Crippen LogP contribution in [-0.2, 0) is 4.74 Å². The van der Waals surface area contributed by atoms with Gasteiger partial charge in [0.25, 0.3) is 0 Å². The van der Waals surface area contributed by atoms with E-state index in [2.05, 4.69) is 34.9 Å². The fourth-order valence-corrected chi connectivity index (χ4v) is 4.52. The number of ketones is 1. The van der Waals surface area contributed by atoms with Gasteiger partial charge < -0.3 is 9.30 Å². The zero-order valence-electron chi connectivity index (χ0n) is 21.9. The van der Waals surface area contributed by atoms with Crippen LogP contribution in [0.3, 0.4) is 0 Å². The second kappa shape index (κ2) is 11.6. The summed E-state index contributed by atoms with van der Waals surface area (Å²) in [6, 6.07) is 37.2. The van der Waals surface area contributed by atoms with Gasteiger partial charge in [0.05, 0.1) is 29.2 Å². The predicted octanol–water partition coefficient (Wildman–Crippen LogP) is 7.94. The van der Waals surface area contributed by atoms with E-state index in [1.807, 2.05) is 66.9 Å². The first-order valence-corrected chi connectivity index (χ1v) is 12.8. The summed E-state index contributed by atoms with van der Waals surface area (Å²) in [4.78, 5) is 28.9. The van der Waals surface area contributed by atoms with Gasteiger partial charge in [-0.3, -0.25) is 9.79 Å². The summed E-state index contributed by atoms with van der Waals surface area (Å²) in [5.41, 5.74) is 7.66. The molecule has 5 rings (SSSR count). The number of Topliss-reactive ketones (excluding diaryl/α,β-unsaturated/α-hetero) is 1. The topological polar surface area (TPSA) is 60.7 Å². The van der Waals surface area contributed by atoms with Crippen molar-refractivity contribution in [3.8, 4) is 28.2 Å². The lowest BCUT2D eigenvalue weighted by atomic mass is 10.1. The summed E-state index contributed by atoms with van der Waals surface area (Å²) in [6.45, 7) is 3.67. The Kier molecular flexibility index (Phi) is 7.60. The minimum atomic E-state index is -0.344. The second-order valence-electron chi connectivity index (χ2n) is 9.03. The molecule has 0 aliphatic rings. The van der Waals surface area contributed by atoms with Gasteiger partial charge in [-0.2, -0.15) is 0 Å². The van der Waals surface area contributed by atoms with Crippen LogP contribution in [0, 0.1) is 0 Å². The molecule has 1 aromatic heterocycles. The van der Waals surface area contributed by atoms with Crippen molar-refractivity contribution >= 4 is 23.7 Å². The minimum Gasteiger partial charge on any atom is -0.462 e. The number of nitrogens with zero attached hydrogens (tertiary/aromatic N) is 2. The van der Waals surface area contributed by atoms with E-state index in [-0.39, 0.29) is 11.8 Å². The zero-order chi connectivity index (χ0) is 27.2. The van der Waals surface area contributed by atoms with E-state index in [0.717, 1.165) is 33.8 Å². The smallest absolute Gasteiger partial charge is 0.338 e. The molecule has 0 bridgehead atoms. The first kappa shape index (κ1) is 25.6. The maximum Gasteiger partial charge on any atom is 0.338 e. The molecule has 0 spiro atoms. The summed E-state index contributed by atoms with van der Waals surface area (Å²) in [6.07, 6.45) is 1.84. The van der Waals surface area contributed by atoms with Crippen LogP contribution in [0.2, 0.25) is 0 Å². The van der Waals surface area contributed by atoms with Gasteiger partial charge in [-0.05, 0) is 67.4 Å². The highest BCUT2D eigenvalue weighted by molar-refractivity contribution is 5.97. The maximum atomic E-state index is 12.3. The van der Waals surface area contributed by atoms with E-state index < -0.39 is 0 Å². The monoisotopic (exact) mass is 512 g/mol. The molecule has 0 saturated carbocycles. The molecular weight excluding hydrogens is 484 g/mol. The Bertz CT molecular complexity index is 1630. The number of hydrogen-bond acceptors (Lipinski definition) is 4. The van der Waals surface area contributed by atoms with Crippen molar-refractivity contribution in [1.29, 1.82) is 0 Å². The Morgan fingerprint density at radius 3 is 2.08 bits per heavy atom. The van der Waals surface area contributed by atoms with Crippen LogP contribution >= 0.6 is 0 Å². The molecule has 4 aromatic carbocycles. The number of ether oxygens (including phenoxy) is 1. The van der Waals surface area contributed by atoms with Crippen molar-refractivity contribution in [3.63, 3.8) is 0 Å². The second-order valence-corrected chi connectivity index (χ2v) is 9.03. The number of aliphatic imine (C=N–C) groups is 1. The van der Waals surface area contributed by atoms with E-state index in [4.69, 9.17) is 9.73 Å². The molecule has 0 radical (unpaired) electrons. The van der Waals surface area contributed by atoms with Crippen LogP contribution < -0.4 is 0 Å². The Labute approximate surface area is 228 Å². The van der Waals surface area contributed by atoms with Crippen LogP contribution in [0.4, 0.5) is 5.69 Å². The lowest BCUT2D eigenvalue weighted by molar-refractivity contribution is 0.0526. The molecule has 0 aliphatic heterocycles. The Morgan fingerprint density at radius 1 is 0.769 bits per heavy atom. The van der Waals surface area contributed by atoms with Crippen molar-refractivity contribution in [2.24, 2.45) is 4.99 Å². The van der Waals surface area contributed by atoms with E-state index in [0.29, 0.717) is 23.4 Å². The summed E-state index contributed by atoms with van der Waals surface area (Å²) in [7, 11) is 0. The number of carbonyl (C=O) groups is 2. The Hall–Kier alpha value is -5.03. The summed E-state index contributed by atoms with van der Waals surface area (Å²) < 4.78 is 7.36. The fraction of sp³-hybridized carbons (Fsp3) is 0.0882. The zero-order valence-corrected chi connectivity index (χ0v) is 21.9. The molecule has 5 nitrogen and oxygen atoms in total. The van der Waals surface area contributed by atoms with Gasteiger partial charge in [-0.25, -0.2) is 4.79 Å². The Balaban J connectivity index is 1.71. The van der Waals surface area contributed by atoms with E-state index in [1.165, 1.54) is 0 Å². The lowest BCUT2D eigenvalue weighted by Gasteiger charge is -2.15. The van der Waals surface area contributed by atoms with Gasteiger partial charge in [0, 0.05) is 23.0 Å². The SMILES string of the molecule is CCOC(=O)c1ccc(-n2c(-c3ccccc3)cc(C=Nc3cccc(C(C)=O)c3)c2-c2ccccc2)cc1. The highest BCUT2D eigenvalue weighted by atomic mass is 16.5. The predicted molar refractivity (Wildman–Crippen MR) is 156 cm³/mol. The molecule has 0 unspecified atom stereocenters. The normalized spacial score (nSPS) is 11.0. The lowest BCUT2D eigenvalue weighted by Crippen LogP contribution is -2.05. The van der Waals surface area contributed by atoms with Gasteiger partial charge >= 0.3 is 5.97 Å². The molecule has 0 saturated heterocycles. The maximum absolute atomic E-state index is 12.3. The number of carbonyl (C=O) groups excluding carboxylic acids is 2. The van der Waals surface area contributed by atoms with Crippen molar-refractivity contribution in [1.82, 2.24) is 4.57 Å². The van der Waals surface area contributed by atoms with Crippen molar-refractivity contribution < 1.29 is 14.3 Å². The number of rotatable bonds is 8. The van der Waals surface area contributed by atoms with Crippen LogP contribution in [0.15, 0.2) is 120 Å². The third kappa shape index (κ3) is 5.63. The number of esters is 1. The number of benzene rings is 4. The number of hydrogen-bond donors (Lipinski definition) is 0. The van der Waals surface area contributed by atoms with Crippen molar-refractivity contribution in [2.75, 3.05) is 6.61 Å². The molecular formula is C34H28N2O3. The molecule has 5 heteroatoms. The van der Waals surface area contributed by atoms with Crippen LogP contribution in [-0.4, -0.2) is 29.1 Å². The van der Waals surface area contributed by atoms with Crippen LogP contribution in [0.5, 0.6) is 0 Å². The molecule has 5 aromatic rings. The van der Waals surface area contributed by atoms with Gasteiger partial charge in [-0.15, -0.1) is 0 Å². The molecule has 0 atom stereocenters. The molecule has 0 aliphatic carbocycles. The quantitative estimate of drug-likeness (QED) is 0.120. The summed E-state index contributed by atoms with van der Waals surface area (Å²) in [5.74, 6) is -0.343. The van der Waals surface area contributed by atoms with E-state index in [9.17, 15) is 9.59 Å². The number of aromatic nitrogens is 1. The van der Waals surface area contributed by atoms with Gasteiger partial charge in [0.2, 0.25) is 0 Å². The van der Waals surface area contributed by atoms with Gasteiger partial charge in [-0.1, -0.05) is 72.8 Å². The Morgan fingerprint density at radius 2 is 1.44 bits per heavy atom. The fourth-order valence-electron chi connectivity index (χ4n) is 4.52. The largest absolute Gasteiger partial charge is 0.462 e. The molecule has 0 amide bonds.